The third-order valence-corrected chi connectivity index (χ3v) is 8.58. The van der Waals surface area contributed by atoms with E-state index >= 15 is 0 Å². The molecule has 0 fully saturated rings. The zero-order valence-corrected chi connectivity index (χ0v) is 25.4. The number of nitrogens with zero attached hydrogens (tertiary/aromatic N) is 1. The molecule has 6 nitrogen and oxygen atoms in total. The molecule has 4 aromatic carbocycles. The number of carbonyl (C=O) groups is 2. The van der Waals surface area contributed by atoms with Crippen LogP contribution in [0.4, 0.5) is 11.4 Å². The number of anilines is 2. The smallest absolute Gasteiger partial charge is 0.305 e. The first-order valence-electron chi connectivity index (χ1n) is 14.9. The van der Waals surface area contributed by atoms with Crippen molar-refractivity contribution in [1.82, 2.24) is 0 Å². The highest BCUT2D eigenvalue weighted by Gasteiger charge is 2.41. The first kappa shape index (κ1) is 29.9. The van der Waals surface area contributed by atoms with E-state index < -0.39 is 11.9 Å². The number of aliphatic carboxylic acids is 2. The van der Waals surface area contributed by atoms with Crippen LogP contribution in [0.3, 0.4) is 0 Å². The van der Waals surface area contributed by atoms with Gasteiger partial charge in [0, 0.05) is 35.6 Å². The minimum absolute atomic E-state index is 0.0476. The van der Waals surface area contributed by atoms with Crippen molar-refractivity contribution in [3.8, 4) is 0 Å². The van der Waals surface area contributed by atoms with Crippen molar-refractivity contribution in [3.05, 3.63) is 108 Å². The first-order chi connectivity index (χ1) is 20.5. The topological polar surface area (TPSA) is 89.9 Å². The molecular formula is C37H40N2O4. The molecule has 3 N–H and O–H groups in total. The largest absolute Gasteiger partial charge is 0.481 e. The van der Waals surface area contributed by atoms with Gasteiger partial charge in [-0.15, -0.1) is 0 Å². The molecular weight excluding hydrogens is 536 g/mol. The highest BCUT2D eigenvalue weighted by molar-refractivity contribution is 5.95. The van der Waals surface area contributed by atoms with E-state index in [0.29, 0.717) is 13.1 Å². The van der Waals surface area contributed by atoms with Crippen molar-refractivity contribution in [2.45, 2.75) is 57.8 Å². The summed E-state index contributed by atoms with van der Waals surface area (Å²) < 4.78 is 0. The molecule has 222 valence electrons. The predicted molar refractivity (Wildman–Crippen MR) is 176 cm³/mol. The lowest BCUT2D eigenvalue weighted by Gasteiger charge is -2.29. The van der Waals surface area contributed by atoms with Gasteiger partial charge in [-0.1, -0.05) is 101 Å². The Bertz CT molecular complexity index is 1750. The van der Waals surface area contributed by atoms with Crippen molar-refractivity contribution in [3.63, 3.8) is 0 Å². The van der Waals surface area contributed by atoms with E-state index in [1.807, 2.05) is 18.2 Å². The molecule has 1 aliphatic rings. The summed E-state index contributed by atoms with van der Waals surface area (Å²) in [5.41, 5.74) is 4.92. The molecule has 4 aromatic rings. The highest BCUT2D eigenvalue weighted by atomic mass is 16.4. The number of carboxylic acids is 2. The maximum Gasteiger partial charge on any atom is 0.305 e. The maximum absolute atomic E-state index is 11.6. The second-order valence-corrected chi connectivity index (χ2v) is 12.4. The van der Waals surface area contributed by atoms with E-state index in [9.17, 15) is 14.7 Å². The number of hydrogen-bond donors (Lipinski definition) is 3. The Morgan fingerprint density at radius 3 is 2.19 bits per heavy atom. The van der Waals surface area contributed by atoms with E-state index in [0.717, 1.165) is 39.8 Å². The highest BCUT2D eigenvalue weighted by Crippen LogP contribution is 2.50. The van der Waals surface area contributed by atoms with Gasteiger partial charge in [0.05, 0.1) is 12.8 Å². The van der Waals surface area contributed by atoms with Crippen LogP contribution in [0.2, 0.25) is 0 Å². The Morgan fingerprint density at radius 2 is 1.49 bits per heavy atom. The quantitative estimate of drug-likeness (QED) is 0.167. The van der Waals surface area contributed by atoms with Crippen molar-refractivity contribution in [1.29, 1.82) is 0 Å². The minimum Gasteiger partial charge on any atom is -0.481 e. The molecule has 0 atom stereocenters. The summed E-state index contributed by atoms with van der Waals surface area (Å²) in [6, 6.07) is 25.0. The van der Waals surface area contributed by atoms with Crippen molar-refractivity contribution in [2.24, 2.45) is 0 Å². The van der Waals surface area contributed by atoms with Crippen LogP contribution in [-0.4, -0.2) is 35.2 Å². The normalized spacial score (nSPS) is 15.4. The number of rotatable bonds is 11. The molecule has 0 unspecified atom stereocenters. The fourth-order valence-corrected chi connectivity index (χ4v) is 6.56. The van der Waals surface area contributed by atoms with Gasteiger partial charge in [-0.3, -0.25) is 9.59 Å². The molecule has 0 spiro atoms. The molecule has 0 amide bonds. The lowest BCUT2D eigenvalue weighted by atomic mass is 9.77. The predicted octanol–water partition coefficient (Wildman–Crippen LogP) is 8.26. The van der Waals surface area contributed by atoms with Gasteiger partial charge < -0.3 is 20.4 Å². The van der Waals surface area contributed by atoms with Gasteiger partial charge in [0.25, 0.3) is 0 Å². The summed E-state index contributed by atoms with van der Waals surface area (Å²) in [6.45, 7) is 9.62. The Morgan fingerprint density at radius 1 is 0.860 bits per heavy atom. The summed E-state index contributed by atoms with van der Waals surface area (Å²) in [4.78, 5) is 24.9. The van der Waals surface area contributed by atoms with Gasteiger partial charge in [0.1, 0.15) is 0 Å². The monoisotopic (exact) mass is 576 g/mol. The first-order valence-corrected chi connectivity index (χ1v) is 14.9. The molecule has 1 aliphatic heterocycles. The molecule has 0 saturated carbocycles. The van der Waals surface area contributed by atoms with E-state index in [1.165, 1.54) is 16.3 Å². The van der Waals surface area contributed by atoms with E-state index in [1.54, 1.807) is 0 Å². The standard InChI is InChI=1S/C37H40N2O4/c1-36(2,34-27-13-7-5-11-25(27)16-18-29(34)38-23-20-32(40)41)22-10-9-15-31-37(3,4)35-28-14-8-6-12-26(28)17-19-30(35)39(31)24-21-33(42)43/h5-19,38H,20-24H2,1-4H3,(H,40,41)(H,42,43)/b10-9+,31-15+. The fraction of sp³-hybridized carbons (Fsp3) is 0.297. The van der Waals surface area contributed by atoms with Crippen LogP contribution in [0.1, 0.15) is 58.1 Å². The summed E-state index contributed by atoms with van der Waals surface area (Å²) in [5, 5.41) is 26.7. The van der Waals surface area contributed by atoms with Gasteiger partial charge in [-0.2, -0.15) is 0 Å². The average molecular weight is 577 g/mol. The molecule has 0 aliphatic carbocycles. The van der Waals surface area contributed by atoms with Crippen molar-refractivity contribution in [2.75, 3.05) is 23.3 Å². The van der Waals surface area contributed by atoms with Crippen LogP contribution >= 0.6 is 0 Å². The van der Waals surface area contributed by atoms with Crippen LogP contribution in [0.5, 0.6) is 0 Å². The van der Waals surface area contributed by atoms with E-state index in [-0.39, 0.29) is 23.7 Å². The zero-order valence-electron chi connectivity index (χ0n) is 25.4. The molecule has 0 saturated heterocycles. The minimum atomic E-state index is -0.826. The van der Waals surface area contributed by atoms with Gasteiger partial charge in [0.2, 0.25) is 0 Å². The van der Waals surface area contributed by atoms with Gasteiger partial charge >= 0.3 is 11.9 Å². The summed E-state index contributed by atoms with van der Waals surface area (Å²) in [7, 11) is 0. The molecule has 1 heterocycles. The zero-order chi connectivity index (χ0) is 30.8. The molecule has 0 bridgehead atoms. The Hall–Kier alpha value is -4.58. The van der Waals surface area contributed by atoms with Crippen molar-refractivity contribution >= 4 is 44.9 Å². The molecule has 5 rings (SSSR count). The van der Waals surface area contributed by atoms with Crippen LogP contribution in [0, 0.1) is 0 Å². The molecule has 6 heteroatoms. The second-order valence-electron chi connectivity index (χ2n) is 12.4. The number of fused-ring (bicyclic) bond motifs is 4. The third kappa shape index (κ3) is 6.00. The number of nitrogens with one attached hydrogen (secondary N) is 1. The van der Waals surface area contributed by atoms with Gasteiger partial charge in [-0.25, -0.2) is 0 Å². The van der Waals surface area contributed by atoms with E-state index in [2.05, 4.69) is 111 Å². The second kappa shape index (κ2) is 12.0. The maximum atomic E-state index is 11.6. The average Bonchev–Trinajstić information content (AvgIpc) is 3.19. The number of carboxylic acid groups (broad SMARTS) is 2. The van der Waals surface area contributed by atoms with Crippen LogP contribution in [0.15, 0.2) is 96.7 Å². The van der Waals surface area contributed by atoms with Gasteiger partial charge in [-0.05, 0) is 62.7 Å². The SMILES string of the molecule is CC(C)(C/C=C/C=C1/N(CCC(=O)O)c2ccc3ccccc3c2C1(C)C)c1c(NCCC(=O)O)ccc2ccccc12. The Balaban J connectivity index is 1.48. The third-order valence-electron chi connectivity index (χ3n) is 8.58. The summed E-state index contributed by atoms with van der Waals surface area (Å²) in [5.74, 6) is -1.64. The lowest BCUT2D eigenvalue weighted by molar-refractivity contribution is -0.137. The number of hydrogen-bond acceptors (Lipinski definition) is 4. The summed E-state index contributed by atoms with van der Waals surface area (Å²) >= 11 is 0. The fourth-order valence-electron chi connectivity index (χ4n) is 6.56. The number of benzene rings is 4. The molecule has 43 heavy (non-hydrogen) atoms. The van der Waals surface area contributed by atoms with Crippen LogP contribution in [-0.2, 0) is 20.4 Å². The van der Waals surface area contributed by atoms with Crippen LogP contribution in [0.25, 0.3) is 21.5 Å². The summed E-state index contributed by atoms with van der Waals surface area (Å²) in [6.07, 6.45) is 7.28. The molecule has 0 aromatic heterocycles. The Kier molecular flexibility index (Phi) is 8.32. The van der Waals surface area contributed by atoms with Crippen molar-refractivity contribution < 1.29 is 19.8 Å². The van der Waals surface area contributed by atoms with Crippen LogP contribution < -0.4 is 10.2 Å². The number of allylic oxidation sites excluding steroid dienone is 4. The molecule has 0 radical (unpaired) electrons. The lowest BCUT2D eigenvalue weighted by Crippen LogP contribution is -2.28. The Labute approximate surface area is 253 Å². The van der Waals surface area contributed by atoms with Gasteiger partial charge in [0.15, 0.2) is 0 Å². The van der Waals surface area contributed by atoms with E-state index in [4.69, 9.17) is 5.11 Å².